The van der Waals surface area contributed by atoms with Crippen molar-refractivity contribution in [2.24, 2.45) is 11.1 Å². The minimum atomic E-state index is -1.46. The van der Waals surface area contributed by atoms with Crippen LogP contribution in [0.15, 0.2) is 47.2 Å². The van der Waals surface area contributed by atoms with Gasteiger partial charge in [-0.05, 0) is 119 Å². The van der Waals surface area contributed by atoms with Crippen LogP contribution in [0, 0.1) is 5.92 Å². The number of anilines is 2. The molecule has 3 heterocycles. The third-order valence-corrected chi connectivity index (χ3v) is 9.15. The van der Waals surface area contributed by atoms with Crippen LogP contribution in [0.3, 0.4) is 0 Å². The molecule has 1 atom stereocenters. The first kappa shape index (κ1) is 52.2. The molecule has 0 radical (unpaired) electrons. The highest BCUT2D eigenvalue weighted by atomic mass is 32.1. The number of hydrogen-bond acceptors (Lipinski definition) is 16. The Morgan fingerprint density at radius 2 is 1.48 bits per heavy atom. The van der Waals surface area contributed by atoms with Crippen LogP contribution in [0.2, 0.25) is 0 Å². The van der Waals surface area contributed by atoms with E-state index in [9.17, 15) is 28.8 Å². The number of esters is 1. The summed E-state index contributed by atoms with van der Waals surface area (Å²) >= 11 is 0.999. The van der Waals surface area contributed by atoms with E-state index in [1.54, 1.807) is 85.5 Å². The number of benzene rings is 1. The van der Waals surface area contributed by atoms with Gasteiger partial charge in [-0.25, -0.2) is 24.2 Å². The molecule has 1 aromatic carbocycles. The maximum absolute atomic E-state index is 13.5. The molecule has 1 fully saturated rings. The highest BCUT2D eigenvalue weighted by molar-refractivity contribution is 7.14. The normalized spacial score (nSPS) is 13.9. The second kappa shape index (κ2) is 22.2. The lowest BCUT2D eigenvalue weighted by atomic mass is 10.0. The summed E-state index contributed by atoms with van der Waals surface area (Å²) in [5.74, 6) is -1.23. The zero-order chi connectivity index (χ0) is 49.0. The number of nitrogens with one attached hydrogen (secondary N) is 3. The number of ether oxygens (including phenoxy) is 6. The Hall–Kier alpha value is -6.45. The topological polar surface area (TPSA) is 240 Å². The van der Waals surface area contributed by atoms with Gasteiger partial charge in [0.25, 0.3) is 24.4 Å². The standard InChI is InChI=1S/C44H62N8O13S/c1-41(2,3)61-36(55)33(65-49-35(60-27-53)32-26-66-37(47-32)48-39(57)63-43(7,8)9)25-59-31-16-14-29(15-17-31)34(54)46-30-23-51(19-13-18-45-38(56)62-42(4,5)6)52(24-30)22-28-20-50(21-28)40(58)64-44(10,11)12/h14-17,23-24,26-28,33H,13,18-22,25H2,1-12H3,(H2-,45,46,47,48,54,56,57)/p+1/b49-35-/t33-/m0/s1. The Balaban J connectivity index is 1.42. The number of carbonyl (C=O) groups excluding carboxylic acids is 6. The molecule has 3 N–H and O–H groups in total. The first-order valence-corrected chi connectivity index (χ1v) is 22.1. The fourth-order valence-electron chi connectivity index (χ4n) is 5.78. The molecule has 0 saturated carbocycles. The van der Waals surface area contributed by atoms with E-state index in [0.717, 1.165) is 11.3 Å². The second-order valence-corrected chi connectivity index (χ2v) is 20.1. The Kier molecular flexibility index (Phi) is 17.5. The van der Waals surface area contributed by atoms with Crippen LogP contribution in [0.1, 0.15) is 106 Å². The van der Waals surface area contributed by atoms with Crippen molar-refractivity contribution in [3.05, 3.63) is 53.3 Å². The third kappa shape index (κ3) is 18.2. The van der Waals surface area contributed by atoms with E-state index in [-0.39, 0.29) is 35.1 Å². The van der Waals surface area contributed by atoms with E-state index < -0.39 is 65.1 Å². The molecule has 1 aliphatic heterocycles. The van der Waals surface area contributed by atoms with Crippen LogP contribution in [0.4, 0.5) is 25.2 Å². The van der Waals surface area contributed by atoms with Crippen molar-refractivity contribution in [2.45, 2.75) is 131 Å². The van der Waals surface area contributed by atoms with E-state index in [2.05, 4.69) is 26.1 Å². The zero-order valence-corrected chi connectivity index (χ0v) is 40.5. The average molecular weight is 944 g/mol. The van der Waals surface area contributed by atoms with Gasteiger partial charge in [0.15, 0.2) is 11.7 Å². The molecular weight excluding hydrogens is 881 g/mol. The summed E-state index contributed by atoms with van der Waals surface area (Å²) in [6.45, 7) is 23.1. The SMILES string of the molecule is CC(C)(C)OC(=O)NCCCn1cc(NC(=O)c2ccc(OC[C@H](O/N=C(\OC=O)c3csc(NC(=O)OC(C)(C)C)n3)C(=O)OC(C)(C)C)cc2)c[n+]1CC1CN(C(=O)OC(C)(C)C)C1. The zero-order valence-electron chi connectivity index (χ0n) is 39.7. The molecule has 362 valence electrons. The number of aryl methyl sites for hydroxylation is 1. The first-order valence-electron chi connectivity index (χ1n) is 21.3. The molecule has 4 amide bonds. The number of alkyl carbamates (subject to hydrolysis) is 1. The van der Waals surface area contributed by atoms with Gasteiger partial charge in [-0.2, -0.15) is 4.68 Å². The number of carbonyl (C=O) groups is 6. The maximum atomic E-state index is 13.5. The lowest BCUT2D eigenvalue weighted by molar-refractivity contribution is -0.781. The Morgan fingerprint density at radius 1 is 0.864 bits per heavy atom. The summed E-state index contributed by atoms with van der Waals surface area (Å²) in [7, 11) is 0. The summed E-state index contributed by atoms with van der Waals surface area (Å²) in [5, 5.41) is 13.6. The van der Waals surface area contributed by atoms with Gasteiger partial charge in [0, 0.05) is 30.6 Å². The van der Waals surface area contributed by atoms with Crippen LogP contribution in [0.5, 0.6) is 5.75 Å². The fraction of sp³-hybridized carbons (Fsp3) is 0.568. The number of oxime groups is 1. The quantitative estimate of drug-likeness (QED) is 0.0198. The molecule has 22 heteroatoms. The number of rotatable bonds is 17. The van der Waals surface area contributed by atoms with E-state index in [1.165, 1.54) is 17.5 Å². The molecule has 4 rings (SSSR count). The summed E-state index contributed by atoms with van der Waals surface area (Å²) < 4.78 is 36.3. The summed E-state index contributed by atoms with van der Waals surface area (Å²) in [6, 6.07) is 6.16. The Labute approximate surface area is 388 Å². The van der Waals surface area contributed by atoms with Crippen molar-refractivity contribution < 1.29 is 66.7 Å². The van der Waals surface area contributed by atoms with E-state index in [1.807, 2.05) is 36.3 Å². The minimum absolute atomic E-state index is 0.0138. The number of amides is 4. The molecule has 1 saturated heterocycles. The number of aromatic nitrogens is 3. The van der Waals surface area contributed by atoms with E-state index in [0.29, 0.717) is 50.4 Å². The van der Waals surface area contributed by atoms with Crippen molar-refractivity contribution in [3.8, 4) is 5.75 Å². The molecule has 0 aliphatic carbocycles. The average Bonchev–Trinajstić information content (AvgIpc) is 3.77. The lowest BCUT2D eigenvalue weighted by Gasteiger charge is -2.38. The van der Waals surface area contributed by atoms with Crippen molar-refractivity contribution in [2.75, 3.05) is 36.9 Å². The Bertz CT molecular complexity index is 2190. The molecule has 3 aromatic rings. The van der Waals surface area contributed by atoms with Crippen LogP contribution >= 0.6 is 11.3 Å². The summed E-state index contributed by atoms with van der Waals surface area (Å²) in [4.78, 5) is 86.3. The van der Waals surface area contributed by atoms with Gasteiger partial charge in [0.2, 0.25) is 6.20 Å². The monoisotopic (exact) mass is 943 g/mol. The number of hydrogen-bond donors (Lipinski definition) is 3. The van der Waals surface area contributed by atoms with Crippen LogP contribution in [-0.2, 0) is 51.2 Å². The molecule has 1 aliphatic rings. The molecular formula is C44H63N8O13S+. The number of nitrogens with zero attached hydrogens (tertiary/aromatic N) is 5. The molecule has 0 bridgehead atoms. The summed E-state index contributed by atoms with van der Waals surface area (Å²) in [5.41, 5.74) is -2.04. The Morgan fingerprint density at radius 3 is 2.09 bits per heavy atom. The van der Waals surface area contributed by atoms with E-state index in [4.69, 9.17) is 33.3 Å². The highest BCUT2D eigenvalue weighted by Crippen LogP contribution is 2.22. The molecule has 2 aromatic heterocycles. The second-order valence-electron chi connectivity index (χ2n) is 19.2. The van der Waals surface area contributed by atoms with Crippen molar-refractivity contribution in [1.29, 1.82) is 0 Å². The van der Waals surface area contributed by atoms with Crippen LogP contribution in [0.25, 0.3) is 0 Å². The predicted octanol–water partition coefficient (Wildman–Crippen LogP) is 6.25. The minimum Gasteiger partial charge on any atom is -0.489 e. The van der Waals surface area contributed by atoms with Gasteiger partial charge in [0.1, 0.15) is 46.1 Å². The van der Waals surface area contributed by atoms with Gasteiger partial charge < -0.3 is 48.8 Å². The van der Waals surface area contributed by atoms with Gasteiger partial charge in [-0.3, -0.25) is 14.9 Å². The number of likely N-dealkylation sites (tertiary alicyclic amines) is 1. The van der Waals surface area contributed by atoms with Crippen molar-refractivity contribution in [1.82, 2.24) is 19.9 Å². The first-order chi connectivity index (χ1) is 30.6. The van der Waals surface area contributed by atoms with Gasteiger partial charge in [-0.15, -0.1) is 16.0 Å². The maximum Gasteiger partial charge on any atom is 0.413 e. The third-order valence-electron chi connectivity index (χ3n) is 8.39. The van der Waals surface area contributed by atoms with Crippen molar-refractivity contribution >= 4 is 64.7 Å². The smallest absolute Gasteiger partial charge is 0.413 e. The predicted molar refractivity (Wildman–Crippen MR) is 241 cm³/mol. The fourth-order valence-corrected chi connectivity index (χ4v) is 6.45. The van der Waals surface area contributed by atoms with Gasteiger partial charge in [-0.1, -0.05) is 0 Å². The van der Waals surface area contributed by atoms with E-state index >= 15 is 0 Å². The van der Waals surface area contributed by atoms with Crippen molar-refractivity contribution in [3.63, 3.8) is 0 Å². The lowest BCUT2D eigenvalue weighted by Crippen LogP contribution is -2.58. The molecule has 0 unspecified atom stereocenters. The van der Waals surface area contributed by atoms with Gasteiger partial charge in [0.05, 0.1) is 18.7 Å². The molecule has 66 heavy (non-hydrogen) atoms. The van der Waals surface area contributed by atoms with Gasteiger partial charge >= 0.3 is 24.2 Å². The summed E-state index contributed by atoms with van der Waals surface area (Å²) in [6.07, 6.45) is 1.10. The largest absolute Gasteiger partial charge is 0.489 e. The molecule has 0 spiro atoms. The molecule has 21 nitrogen and oxygen atoms in total. The number of thiazole rings is 1. The van der Waals surface area contributed by atoms with Crippen LogP contribution in [-0.4, -0.2) is 112 Å². The van der Waals surface area contributed by atoms with Crippen LogP contribution < -0.4 is 25.4 Å². The highest BCUT2D eigenvalue weighted by Gasteiger charge is 2.37.